The van der Waals surface area contributed by atoms with E-state index in [0.29, 0.717) is 12.2 Å². The van der Waals surface area contributed by atoms with E-state index in [9.17, 15) is 14.7 Å². The number of rotatable bonds is 5. The number of hydrogen-bond donors (Lipinski definition) is 2. The van der Waals surface area contributed by atoms with E-state index in [1.807, 2.05) is 0 Å². The van der Waals surface area contributed by atoms with Gasteiger partial charge in [-0.05, 0) is 25.0 Å². The molecule has 1 aromatic rings. The second kappa shape index (κ2) is 5.89. The molecule has 17 heavy (non-hydrogen) atoms. The first-order valence-corrected chi connectivity index (χ1v) is 5.26. The maximum Gasteiger partial charge on any atom is 0.339 e. The van der Waals surface area contributed by atoms with Crippen LogP contribution in [0.1, 0.15) is 29.3 Å². The Hall–Kier alpha value is -2.04. The first kappa shape index (κ1) is 13.0. The second-order valence-electron chi connectivity index (χ2n) is 3.42. The van der Waals surface area contributed by atoms with Crippen LogP contribution in [0.3, 0.4) is 0 Å². The van der Waals surface area contributed by atoms with Crippen LogP contribution in [0.25, 0.3) is 0 Å². The van der Waals surface area contributed by atoms with Gasteiger partial charge < -0.3 is 14.9 Å². The maximum atomic E-state index is 11.2. The number of aryl methyl sites for hydroxylation is 1. The summed E-state index contributed by atoms with van der Waals surface area (Å²) in [5.41, 5.74) is 0.266. The van der Waals surface area contributed by atoms with Crippen LogP contribution in [0, 0.1) is 0 Å². The van der Waals surface area contributed by atoms with Gasteiger partial charge in [0.25, 0.3) is 0 Å². The zero-order chi connectivity index (χ0) is 12.8. The van der Waals surface area contributed by atoms with E-state index in [2.05, 4.69) is 0 Å². The van der Waals surface area contributed by atoms with Gasteiger partial charge in [0.2, 0.25) is 0 Å². The van der Waals surface area contributed by atoms with Gasteiger partial charge in [0, 0.05) is 6.42 Å². The van der Waals surface area contributed by atoms with Crippen molar-refractivity contribution < 1.29 is 24.5 Å². The lowest BCUT2D eigenvalue weighted by Gasteiger charge is -2.07. The van der Waals surface area contributed by atoms with Gasteiger partial charge in [0.15, 0.2) is 0 Å². The van der Waals surface area contributed by atoms with E-state index in [-0.39, 0.29) is 30.1 Å². The highest BCUT2D eigenvalue weighted by molar-refractivity contribution is 5.92. The van der Waals surface area contributed by atoms with Gasteiger partial charge >= 0.3 is 11.9 Å². The topological polar surface area (TPSA) is 83.8 Å². The summed E-state index contributed by atoms with van der Waals surface area (Å²) in [5, 5.41) is 18.4. The van der Waals surface area contributed by atoms with E-state index >= 15 is 0 Å². The Morgan fingerprint density at radius 2 is 2.06 bits per heavy atom. The average Bonchev–Trinajstić information content (AvgIpc) is 2.26. The molecular formula is C12H14O5. The number of benzene rings is 1. The minimum atomic E-state index is -1.21. The molecule has 0 atom stereocenters. The van der Waals surface area contributed by atoms with Crippen molar-refractivity contribution in [2.24, 2.45) is 0 Å². The van der Waals surface area contributed by atoms with Gasteiger partial charge in [-0.1, -0.05) is 12.1 Å². The van der Waals surface area contributed by atoms with E-state index in [4.69, 9.17) is 9.84 Å². The number of esters is 1. The first-order chi connectivity index (χ1) is 8.06. The fourth-order valence-electron chi connectivity index (χ4n) is 1.51. The van der Waals surface area contributed by atoms with Crippen LogP contribution in [-0.4, -0.2) is 28.8 Å². The molecule has 1 rings (SSSR count). The second-order valence-corrected chi connectivity index (χ2v) is 3.42. The minimum Gasteiger partial charge on any atom is -0.507 e. The van der Waals surface area contributed by atoms with Crippen LogP contribution in [0.4, 0.5) is 0 Å². The van der Waals surface area contributed by atoms with Gasteiger partial charge in [-0.25, -0.2) is 4.79 Å². The molecule has 0 saturated carbocycles. The molecule has 92 valence electrons. The molecule has 1 aromatic carbocycles. The van der Waals surface area contributed by atoms with E-state index < -0.39 is 5.97 Å². The molecule has 2 N–H and O–H groups in total. The third kappa shape index (κ3) is 3.48. The number of aromatic carboxylic acids is 1. The standard InChI is InChI=1S/C12H14O5/c1-2-17-10(14)7-6-8-4-3-5-9(13)11(8)12(15)16/h3-5,13H,2,6-7H2,1H3,(H,15,16). The summed E-state index contributed by atoms with van der Waals surface area (Å²) in [6.45, 7) is 2.00. The van der Waals surface area contributed by atoms with Crippen molar-refractivity contribution >= 4 is 11.9 Å². The van der Waals surface area contributed by atoms with Crippen LogP contribution in [-0.2, 0) is 16.0 Å². The molecule has 0 aliphatic heterocycles. The minimum absolute atomic E-state index is 0.0948. The van der Waals surface area contributed by atoms with Crippen LogP contribution in [0.2, 0.25) is 0 Å². The van der Waals surface area contributed by atoms with Crippen LogP contribution in [0.15, 0.2) is 18.2 Å². The van der Waals surface area contributed by atoms with Crippen LogP contribution in [0.5, 0.6) is 5.75 Å². The Kier molecular flexibility index (Phi) is 4.51. The van der Waals surface area contributed by atoms with Crippen molar-refractivity contribution in [1.29, 1.82) is 0 Å². The lowest BCUT2D eigenvalue weighted by atomic mass is 10.0. The fraction of sp³-hybridized carbons (Fsp3) is 0.333. The van der Waals surface area contributed by atoms with Crippen molar-refractivity contribution in [3.8, 4) is 5.75 Å². The van der Waals surface area contributed by atoms with Crippen molar-refractivity contribution in [3.05, 3.63) is 29.3 Å². The molecule has 0 unspecified atom stereocenters. The number of carboxylic acid groups (broad SMARTS) is 1. The number of carbonyl (C=O) groups excluding carboxylic acids is 1. The summed E-state index contributed by atoms with van der Waals surface area (Å²) in [4.78, 5) is 22.1. The van der Waals surface area contributed by atoms with Gasteiger partial charge in [-0.3, -0.25) is 4.79 Å². The summed E-state index contributed by atoms with van der Waals surface area (Å²) in [7, 11) is 0. The number of hydrogen-bond acceptors (Lipinski definition) is 4. The molecule has 0 aliphatic rings. The smallest absolute Gasteiger partial charge is 0.339 e. The third-order valence-electron chi connectivity index (χ3n) is 2.25. The summed E-state index contributed by atoms with van der Waals surface area (Å²) in [5.74, 6) is -1.88. The Balaban J connectivity index is 2.81. The number of phenols is 1. The lowest BCUT2D eigenvalue weighted by Crippen LogP contribution is -2.08. The SMILES string of the molecule is CCOC(=O)CCc1cccc(O)c1C(=O)O. The molecule has 0 aliphatic carbocycles. The molecule has 0 aromatic heterocycles. The molecule has 0 fully saturated rings. The summed E-state index contributed by atoms with van der Waals surface area (Å²) < 4.78 is 4.75. The maximum absolute atomic E-state index is 11.2. The highest BCUT2D eigenvalue weighted by atomic mass is 16.5. The molecule has 0 bridgehead atoms. The number of ether oxygens (including phenoxy) is 1. The average molecular weight is 238 g/mol. The Bertz CT molecular complexity index is 425. The molecular weight excluding hydrogens is 224 g/mol. The van der Waals surface area contributed by atoms with Gasteiger partial charge in [-0.2, -0.15) is 0 Å². The molecule has 5 nitrogen and oxygen atoms in total. The summed E-state index contributed by atoms with van der Waals surface area (Å²) >= 11 is 0. The number of aromatic hydroxyl groups is 1. The third-order valence-corrected chi connectivity index (χ3v) is 2.25. The highest BCUT2D eigenvalue weighted by Crippen LogP contribution is 2.22. The molecule has 0 heterocycles. The Labute approximate surface area is 98.6 Å². The monoisotopic (exact) mass is 238 g/mol. The van der Waals surface area contributed by atoms with E-state index in [0.717, 1.165) is 0 Å². The van der Waals surface area contributed by atoms with Crippen molar-refractivity contribution in [3.63, 3.8) is 0 Å². The Morgan fingerprint density at radius 1 is 1.35 bits per heavy atom. The summed E-state index contributed by atoms with van der Waals surface area (Å²) in [6.07, 6.45) is 0.326. The van der Waals surface area contributed by atoms with E-state index in [1.54, 1.807) is 19.1 Å². The van der Waals surface area contributed by atoms with Crippen LogP contribution < -0.4 is 0 Å². The molecule has 5 heteroatoms. The normalized spacial score (nSPS) is 9.94. The van der Waals surface area contributed by atoms with E-state index in [1.165, 1.54) is 6.07 Å². The summed E-state index contributed by atoms with van der Waals surface area (Å²) in [6, 6.07) is 4.42. The largest absolute Gasteiger partial charge is 0.507 e. The molecule has 0 spiro atoms. The zero-order valence-corrected chi connectivity index (χ0v) is 9.47. The zero-order valence-electron chi connectivity index (χ0n) is 9.47. The van der Waals surface area contributed by atoms with Gasteiger partial charge in [-0.15, -0.1) is 0 Å². The molecule has 0 amide bonds. The molecule has 0 saturated heterocycles. The Morgan fingerprint density at radius 3 is 2.65 bits per heavy atom. The van der Waals surface area contributed by atoms with Crippen molar-refractivity contribution in [2.45, 2.75) is 19.8 Å². The predicted octanol–water partition coefficient (Wildman–Crippen LogP) is 1.59. The number of carbonyl (C=O) groups is 2. The predicted molar refractivity (Wildman–Crippen MR) is 60.0 cm³/mol. The lowest BCUT2D eigenvalue weighted by molar-refractivity contribution is -0.143. The highest BCUT2D eigenvalue weighted by Gasteiger charge is 2.15. The first-order valence-electron chi connectivity index (χ1n) is 5.26. The van der Waals surface area contributed by atoms with Gasteiger partial charge in [0.1, 0.15) is 11.3 Å². The number of carboxylic acids is 1. The fourth-order valence-corrected chi connectivity index (χ4v) is 1.51. The van der Waals surface area contributed by atoms with Crippen molar-refractivity contribution in [2.75, 3.05) is 6.61 Å². The van der Waals surface area contributed by atoms with Crippen molar-refractivity contribution in [1.82, 2.24) is 0 Å². The van der Waals surface area contributed by atoms with Crippen LogP contribution >= 0.6 is 0 Å². The molecule has 0 radical (unpaired) electrons. The van der Waals surface area contributed by atoms with Gasteiger partial charge in [0.05, 0.1) is 6.61 Å². The quantitative estimate of drug-likeness (QED) is 0.761.